The average molecular weight is 324 g/mol. The summed E-state index contributed by atoms with van der Waals surface area (Å²) in [4.78, 5) is 47.3. The van der Waals surface area contributed by atoms with E-state index in [0.29, 0.717) is 6.42 Å². The Morgan fingerprint density at radius 3 is 2.59 bits per heavy atom. The SMILES string of the molecule is CC1(C)CCC(=O)C(C(=O)c2ccc(Cl)cc2[N+](=O)[O-])C1=O. The van der Waals surface area contributed by atoms with Gasteiger partial charge in [0.05, 0.1) is 10.5 Å². The van der Waals surface area contributed by atoms with Crippen molar-refractivity contribution in [2.75, 3.05) is 0 Å². The Morgan fingerprint density at radius 2 is 2.00 bits per heavy atom. The summed E-state index contributed by atoms with van der Waals surface area (Å²) in [6.45, 7) is 3.33. The van der Waals surface area contributed by atoms with Crippen molar-refractivity contribution >= 4 is 34.6 Å². The summed E-state index contributed by atoms with van der Waals surface area (Å²) in [5.41, 5.74) is -1.56. The second-order valence-corrected chi connectivity index (χ2v) is 6.37. The van der Waals surface area contributed by atoms with E-state index in [2.05, 4.69) is 0 Å². The largest absolute Gasteiger partial charge is 0.298 e. The van der Waals surface area contributed by atoms with Gasteiger partial charge in [-0.2, -0.15) is 0 Å². The average Bonchev–Trinajstić information content (AvgIpc) is 2.43. The molecule has 1 atom stereocenters. The van der Waals surface area contributed by atoms with Crippen LogP contribution in [0.5, 0.6) is 0 Å². The Morgan fingerprint density at radius 1 is 1.36 bits per heavy atom. The van der Waals surface area contributed by atoms with Gasteiger partial charge >= 0.3 is 0 Å². The third kappa shape index (κ3) is 2.78. The number of carbonyl (C=O) groups is 3. The standard InChI is InChI=1S/C15H14ClNO5/c1-15(2)6-5-11(18)12(14(15)20)13(19)9-4-3-8(16)7-10(9)17(21)22/h3-4,7,12H,5-6H2,1-2H3. The van der Waals surface area contributed by atoms with Crippen molar-refractivity contribution in [3.8, 4) is 0 Å². The van der Waals surface area contributed by atoms with Crippen LogP contribution in [0.4, 0.5) is 5.69 Å². The zero-order valence-electron chi connectivity index (χ0n) is 12.1. The zero-order valence-corrected chi connectivity index (χ0v) is 12.8. The first-order chi connectivity index (χ1) is 10.1. The van der Waals surface area contributed by atoms with E-state index in [-0.39, 0.29) is 17.0 Å². The van der Waals surface area contributed by atoms with Gasteiger partial charge in [0.25, 0.3) is 5.69 Å². The van der Waals surface area contributed by atoms with Crippen molar-refractivity contribution in [2.24, 2.45) is 11.3 Å². The van der Waals surface area contributed by atoms with Gasteiger partial charge in [0.1, 0.15) is 5.92 Å². The molecule has 2 rings (SSSR count). The first-order valence-electron chi connectivity index (χ1n) is 6.70. The number of hydrogen-bond donors (Lipinski definition) is 0. The Hall–Kier alpha value is -2.08. The Labute approximate surface area is 131 Å². The fourth-order valence-electron chi connectivity index (χ4n) is 2.53. The Kier molecular flexibility index (Phi) is 4.15. The van der Waals surface area contributed by atoms with E-state index in [4.69, 9.17) is 11.6 Å². The number of rotatable bonds is 3. The van der Waals surface area contributed by atoms with Gasteiger partial charge in [-0.3, -0.25) is 24.5 Å². The summed E-state index contributed by atoms with van der Waals surface area (Å²) in [7, 11) is 0. The summed E-state index contributed by atoms with van der Waals surface area (Å²) < 4.78 is 0. The molecule has 0 bridgehead atoms. The zero-order chi connectivity index (χ0) is 16.7. The lowest BCUT2D eigenvalue weighted by molar-refractivity contribution is -0.385. The molecule has 0 spiro atoms. The molecule has 0 heterocycles. The molecular weight excluding hydrogens is 310 g/mol. The molecule has 6 nitrogen and oxygen atoms in total. The molecule has 7 heteroatoms. The number of carbonyl (C=O) groups excluding carboxylic acids is 3. The molecule has 1 aliphatic rings. The molecule has 0 aromatic heterocycles. The number of nitro groups is 1. The van der Waals surface area contributed by atoms with Crippen LogP contribution < -0.4 is 0 Å². The van der Waals surface area contributed by atoms with Gasteiger partial charge in [-0.1, -0.05) is 25.4 Å². The second-order valence-electron chi connectivity index (χ2n) is 5.93. The highest BCUT2D eigenvalue weighted by atomic mass is 35.5. The summed E-state index contributed by atoms with van der Waals surface area (Å²) in [5.74, 6) is -3.27. The minimum Gasteiger partial charge on any atom is -0.298 e. The summed E-state index contributed by atoms with van der Waals surface area (Å²) >= 11 is 5.70. The smallest absolute Gasteiger partial charge is 0.281 e. The summed E-state index contributed by atoms with van der Waals surface area (Å²) in [6, 6.07) is 3.55. The van der Waals surface area contributed by atoms with Gasteiger partial charge in [-0.15, -0.1) is 0 Å². The van der Waals surface area contributed by atoms with Crippen LogP contribution in [-0.2, 0) is 9.59 Å². The normalized spacial score (nSPS) is 20.8. The lowest BCUT2D eigenvalue weighted by Gasteiger charge is -2.31. The number of benzene rings is 1. The molecule has 1 unspecified atom stereocenters. The molecule has 0 aliphatic heterocycles. The van der Waals surface area contributed by atoms with E-state index in [1.54, 1.807) is 13.8 Å². The molecule has 0 N–H and O–H groups in total. The molecule has 1 aromatic carbocycles. The first kappa shape index (κ1) is 16.3. The number of halogens is 1. The van der Waals surface area contributed by atoms with Gasteiger partial charge in [0.15, 0.2) is 17.3 Å². The van der Waals surface area contributed by atoms with Crippen LogP contribution in [-0.4, -0.2) is 22.3 Å². The maximum atomic E-state index is 12.6. The van der Waals surface area contributed by atoms with E-state index in [0.717, 1.165) is 6.07 Å². The van der Waals surface area contributed by atoms with Gasteiger partial charge in [0.2, 0.25) is 0 Å². The number of nitrogens with zero attached hydrogens (tertiary/aromatic N) is 1. The summed E-state index contributed by atoms with van der Waals surface area (Å²) in [6.07, 6.45) is 0.480. The highest BCUT2D eigenvalue weighted by Crippen LogP contribution is 2.36. The third-order valence-electron chi connectivity index (χ3n) is 3.93. The monoisotopic (exact) mass is 323 g/mol. The maximum absolute atomic E-state index is 12.6. The van der Waals surface area contributed by atoms with Gasteiger partial charge < -0.3 is 0 Å². The van der Waals surface area contributed by atoms with E-state index >= 15 is 0 Å². The maximum Gasteiger partial charge on any atom is 0.281 e. The highest BCUT2D eigenvalue weighted by molar-refractivity contribution is 6.31. The van der Waals surface area contributed by atoms with Crippen LogP contribution in [0.2, 0.25) is 5.02 Å². The van der Waals surface area contributed by atoms with Gasteiger partial charge in [-0.05, 0) is 18.6 Å². The molecule has 0 saturated heterocycles. The van der Waals surface area contributed by atoms with Crippen LogP contribution in [0, 0.1) is 21.4 Å². The fourth-order valence-corrected chi connectivity index (χ4v) is 2.69. The second kappa shape index (κ2) is 5.61. The van der Waals surface area contributed by atoms with Crippen molar-refractivity contribution in [3.05, 3.63) is 38.9 Å². The van der Waals surface area contributed by atoms with Crippen molar-refractivity contribution in [1.29, 1.82) is 0 Å². The minimum atomic E-state index is -1.47. The number of hydrogen-bond acceptors (Lipinski definition) is 5. The van der Waals surface area contributed by atoms with Gasteiger partial charge in [0, 0.05) is 22.9 Å². The van der Waals surface area contributed by atoms with E-state index in [1.165, 1.54) is 12.1 Å². The van der Waals surface area contributed by atoms with Crippen molar-refractivity contribution in [3.63, 3.8) is 0 Å². The highest BCUT2D eigenvalue weighted by Gasteiger charge is 2.47. The van der Waals surface area contributed by atoms with Crippen LogP contribution in [0.3, 0.4) is 0 Å². The lowest BCUT2D eigenvalue weighted by atomic mass is 9.68. The predicted molar refractivity (Wildman–Crippen MR) is 79.0 cm³/mol. The molecule has 116 valence electrons. The van der Waals surface area contributed by atoms with Crippen molar-refractivity contribution < 1.29 is 19.3 Å². The number of nitro benzene ring substituents is 1. The molecule has 0 radical (unpaired) electrons. The van der Waals surface area contributed by atoms with Crippen LogP contribution in [0.1, 0.15) is 37.0 Å². The van der Waals surface area contributed by atoms with E-state index < -0.39 is 39.3 Å². The van der Waals surface area contributed by atoms with E-state index in [9.17, 15) is 24.5 Å². The first-order valence-corrected chi connectivity index (χ1v) is 7.08. The van der Waals surface area contributed by atoms with Crippen LogP contribution in [0.25, 0.3) is 0 Å². The molecule has 1 fully saturated rings. The molecule has 0 amide bonds. The van der Waals surface area contributed by atoms with Gasteiger partial charge in [-0.25, -0.2) is 0 Å². The lowest BCUT2D eigenvalue weighted by Crippen LogP contribution is -2.44. The molecule has 1 saturated carbocycles. The number of ketones is 3. The Balaban J connectivity index is 2.49. The van der Waals surface area contributed by atoms with Crippen LogP contribution in [0.15, 0.2) is 18.2 Å². The molecular formula is C15H14ClNO5. The Bertz CT molecular complexity index is 695. The number of Topliss-reactive ketones (excluding diaryl/α,β-unsaturated/α-hetero) is 3. The van der Waals surface area contributed by atoms with Crippen molar-refractivity contribution in [1.82, 2.24) is 0 Å². The fraction of sp³-hybridized carbons (Fsp3) is 0.400. The van der Waals surface area contributed by atoms with Crippen molar-refractivity contribution in [2.45, 2.75) is 26.7 Å². The predicted octanol–water partition coefficient (Wildman–Crippen LogP) is 3.01. The summed E-state index contributed by atoms with van der Waals surface area (Å²) in [5, 5.41) is 11.2. The molecule has 1 aliphatic carbocycles. The van der Waals surface area contributed by atoms with E-state index in [1.807, 2.05) is 0 Å². The quantitative estimate of drug-likeness (QED) is 0.369. The van der Waals surface area contributed by atoms with Crippen LogP contribution >= 0.6 is 11.6 Å². The molecule has 1 aromatic rings. The minimum absolute atomic E-state index is 0.102. The third-order valence-corrected chi connectivity index (χ3v) is 4.17. The topological polar surface area (TPSA) is 94.3 Å². The molecule has 22 heavy (non-hydrogen) atoms.